The van der Waals surface area contributed by atoms with Crippen molar-refractivity contribution >= 4 is 17.6 Å². The SMILES string of the molecule is Cc1cc(NC(=O)C(=O)NCCCN2CCOC(c3ccccc3)C2)no1. The maximum Gasteiger partial charge on any atom is 0.314 e. The lowest BCUT2D eigenvalue weighted by Gasteiger charge is -2.33. The van der Waals surface area contributed by atoms with Crippen LogP contribution in [0.5, 0.6) is 0 Å². The molecule has 1 fully saturated rings. The fraction of sp³-hybridized carbons (Fsp3) is 0.421. The standard InChI is InChI=1S/C19H24N4O4/c1-14-12-17(22-27-14)21-19(25)18(24)20-8-5-9-23-10-11-26-16(13-23)15-6-3-2-4-7-15/h2-4,6-7,12,16H,5,8-11,13H2,1H3,(H,20,24)(H,21,22,25). The molecule has 2 aromatic rings. The predicted octanol–water partition coefficient (Wildman–Crippen LogP) is 1.50. The highest BCUT2D eigenvalue weighted by atomic mass is 16.5. The normalized spacial score (nSPS) is 17.4. The lowest BCUT2D eigenvalue weighted by molar-refractivity contribution is -0.136. The van der Waals surface area contributed by atoms with E-state index in [1.54, 1.807) is 13.0 Å². The third-order valence-electron chi connectivity index (χ3n) is 4.33. The summed E-state index contributed by atoms with van der Waals surface area (Å²) in [6, 6.07) is 11.7. The molecule has 0 radical (unpaired) electrons. The largest absolute Gasteiger partial charge is 0.371 e. The Bertz CT molecular complexity index is 762. The first-order valence-corrected chi connectivity index (χ1v) is 9.03. The van der Waals surface area contributed by atoms with Crippen molar-refractivity contribution in [2.45, 2.75) is 19.4 Å². The van der Waals surface area contributed by atoms with E-state index in [1.165, 1.54) is 5.56 Å². The number of ether oxygens (including phenoxy) is 1. The molecule has 1 unspecified atom stereocenters. The number of benzene rings is 1. The lowest BCUT2D eigenvalue weighted by Crippen LogP contribution is -2.41. The van der Waals surface area contributed by atoms with Crippen molar-refractivity contribution in [3.8, 4) is 0 Å². The summed E-state index contributed by atoms with van der Waals surface area (Å²) in [6.45, 7) is 5.34. The number of amides is 2. The summed E-state index contributed by atoms with van der Waals surface area (Å²) in [7, 11) is 0. The quantitative estimate of drug-likeness (QED) is 0.589. The van der Waals surface area contributed by atoms with Gasteiger partial charge in [0.15, 0.2) is 5.82 Å². The third kappa shape index (κ3) is 5.63. The fourth-order valence-corrected chi connectivity index (χ4v) is 2.96. The number of aromatic nitrogens is 1. The summed E-state index contributed by atoms with van der Waals surface area (Å²) in [5.41, 5.74) is 1.18. The van der Waals surface area contributed by atoms with Crippen LogP contribution in [0.1, 0.15) is 23.8 Å². The van der Waals surface area contributed by atoms with E-state index in [4.69, 9.17) is 9.26 Å². The number of rotatable bonds is 6. The van der Waals surface area contributed by atoms with E-state index >= 15 is 0 Å². The number of carbonyl (C=O) groups is 2. The second kappa shape index (κ2) is 9.29. The highest BCUT2D eigenvalue weighted by Gasteiger charge is 2.21. The van der Waals surface area contributed by atoms with E-state index in [9.17, 15) is 9.59 Å². The van der Waals surface area contributed by atoms with Gasteiger partial charge in [0.1, 0.15) is 5.76 Å². The van der Waals surface area contributed by atoms with Gasteiger partial charge in [0, 0.05) is 32.2 Å². The molecule has 8 nitrogen and oxygen atoms in total. The van der Waals surface area contributed by atoms with E-state index in [1.807, 2.05) is 18.2 Å². The van der Waals surface area contributed by atoms with Crippen LogP contribution in [0.2, 0.25) is 0 Å². The Labute approximate surface area is 157 Å². The summed E-state index contributed by atoms with van der Waals surface area (Å²) in [5.74, 6) is -0.642. The second-order valence-corrected chi connectivity index (χ2v) is 6.46. The number of hydrogen-bond donors (Lipinski definition) is 2. The molecule has 0 spiro atoms. The van der Waals surface area contributed by atoms with E-state index < -0.39 is 11.8 Å². The highest BCUT2D eigenvalue weighted by Crippen LogP contribution is 2.21. The van der Waals surface area contributed by atoms with Crippen LogP contribution < -0.4 is 10.6 Å². The van der Waals surface area contributed by atoms with Crippen LogP contribution in [-0.4, -0.2) is 54.7 Å². The van der Waals surface area contributed by atoms with Crippen molar-refractivity contribution in [3.05, 3.63) is 47.7 Å². The topological polar surface area (TPSA) is 96.7 Å². The zero-order chi connectivity index (χ0) is 19.1. The lowest BCUT2D eigenvalue weighted by atomic mass is 10.1. The van der Waals surface area contributed by atoms with Crippen LogP contribution >= 0.6 is 0 Å². The first-order chi connectivity index (χ1) is 13.1. The number of anilines is 1. The molecule has 3 rings (SSSR count). The molecule has 2 amide bonds. The molecule has 27 heavy (non-hydrogen) atoms. The molecule has 1 aliphatic heterocycles. The van der Waals surface area contributed by atoms with E-state index in [-0.39, 0.29) is 11.9 Å². The van der Waals surface area contributed by atoms with Crippen molar-refractivity contribution in [2.24, 2.45) is 0 Å². The molecule has 1 aromatic carbocycles. The molecule has 0 bridgehead atoms. The molecule has 0 saturated carbocycles. The number of hydrogen-bond acceptors (Lipinski definition) is 6. The fourth-order valence-electron chi connectivity index (χ4n) is 2.96. The number of aryl methyl sites for hydroxylation is 1. The van der Waals surface area contributed by atoms with Crippen LogP contribution in [0, 0.1) is 6.92 Å². The minimum absolute atomic E-state index is 0.0752. The monoisotopic (exact) mass is 372 g/mol. The smallest absolute Gasteiger partial charge is 0.314 e. The molecular formula is C19H24N4O4. The van der Waals surface area contributed by atoms with Crippen molar-refractivity contribution in [2.75, 3.05) is 38.1 Å². The number of carbonyl (C=O) groups excluding carboxylic acids is 2. The zero-order valence-corrected chi connectivity index (χ0v) is 15.3. The van der Waals surface area contributed by atoms with Crippen LogP contribution in [0.4, 0.5) is 5.82 Å². The summed E-state index contributed by atoms with van der Waals surface area (Å²) in [6.07, 6.45) is 0.829. The molecule has 2 heterocycles. The average Bonchev–Trinajstić information content (AvgIpc) is 3.10. The first-order valence-electron chi connectivity index (χ1n) is 9.03. The molecule has 0 aliphatic carbocycles. The second-order valence-electron chi connectivity index (χ2n) is 6.46. The van der Waals surface area contributed by atoms with Gasteiger partial charge in [-0.1, -0.05) is 35.5 Å². The molecule has 1 saturated heterocycles. The van der Waals surface area contributed by atoms with Crippen LogP contribution in [0.15, 0.2) is 40.9 Å². The minimum Gasteiger partial charge on any atom is -0.371 e. The van der Waals surface area contributed by atoms with Gasteiger partial charge < -0.3 is 14.6 Å². The number of nitrogens with zero attached hydrogens (tertiary/aromatic N) is 2. The first kappa shape index (κ1) is 19.1. The maximum atomic E-state index is 11.8. The Balaban J connectivity index is 1.35. The van der Waals surface area contributed by atoms with Gasteiger partial charge in [-0.15, -0.1) is 0 Å². The summed E-state index contributed by atoms with van der Waals surface area (Å²) >= 11 is 0. The van der Waals surface area contributed by atoms with Gasteiger partial charge in [-0.25, -0.2) is 0 Å². The average molecular weight is 372 g/mol. The Hall–Kier alpha value is -2.71. The van der Waals surface area contributed by atoms with Gasteiger partial charge in [0.25, 0.3) is 0 Å². The minimum atomic E-state index is -0.751. The van der Waals surface area contributed by atoms with Crippen molar-refractivity contribution < 1.29 is 18.8 Å². The van der Waals surface area contributed by atoms with Crippen LogP contribution in [0.3, 0.4) is 0 Å². The molecule has 144 valence electrons. The molecule has 1 atom stereocenters. The molecule has 2 N–H and O–H groups in total. The van der Waals surface area contributed by atoms with E-state index in [0.717, 1.165) is 26.1 Å². The summed E-state index contributed by atoms with van der Waals surface area (Å²) in [4.78, 5) is 25.9. The van der Waals surface area contributed by atoms with Gasteiger partial charge in [0.05, 0.1) is 12.7 Å². The Morgan fingerprint density at radius 2 is 2.07 bits per heavy atom. The van der Waals surface area contributed by atoms with Gasteiger partial charge in [-0.3, -0.25) is 19.8 Å². The van der Waals surface area contributed by atoms with Crippen molar-refractivity contribution in [1.29, 1.82) is 0 Å². The summed E-state index contributed by atoms with van der Waals surface area (Å²) < 4.78 is 10.7. The van der Waals surface area contributed by atoms with E-state index in [2.05, 4.69) is 32.8 Å². The van der Waals surface area contributed by atoms with Crippen molar-refractivity contribution in [3.63, 3.8) is 0 Å². The Morgan fingerprint density at radius 1 is 1.26 bits per heavy atom. The van der Waals surface area contributed by atoms with Gasteiger partial charge >= 0.3 is 11.8 Å². The zero-order valence-electron chi connectivity index (χ0n) is 15.3. The Kier molecular flexibility index (Phi) is 6.56. The van der Waals surface area contributed by atoms with Gasteiger partial charge in [0.2, 0.25) is 0 Å². The van der Waals surface area contributed by atoms with Crippen molar-refractivity contribution in [1.82, 2.24) is 15.4 Å². The third-order valence-corrected chi connectivity index (χ3v) is 4.33. The predicted molar refractivity (Wildman–Crippen MR) is 99.1 cm³/mol. The van der Waals surface area contributed by atoms with E-state index in [0.29, 0.717) is 18.9 Å². The molecule has 1 aromatic heterocycles. The maximum absolute atomic E-state index is 11.8. The van der Waals surface area contributed by atoms with Gasteiger partial charge in [-0.05, 0) is 18.9 Å². The number of nitrogens with one attached hydrogen (secondary N) is 2. The Morgan fingerprint density at radius 3 is 2.81 bits per heavy atom. The van der Waals surface area contributed by atoms with Crippen LogP contribution in [-0.2, 0) is 14.3 Å². The molecule has 1 aliphatic rings. The number of morpholine rings is 1. The van der Waals surface area contributed by atoms with Crippen LogP contribution in [0.25, 0.3) is 0 Å². The summed E-state index contributed by atoms with van der Waals surface area (Å²) in [5, 5.41) is 8.64. The highest BCUT2D eigenvalue weighted by molar-refractivity contribution is 6.39. The molecule has 8 heteroatoms. The molecular weight excluding hydrogens is 348 g/mol. The van der Waals surface area contributed by atoms with Gasteiger partial charge in [-0.2, -0.15) is 0 Å².